The summed E-state index contributed by atoms with van der Waals surface area (Å²) in [4.78, 5) is 24.8. The van der Waals surface area contributed by atoms with Crippen LogP contribution in [0.2, 0.25) is 5.15 Å². The zero-order valence-corrected chi connectivity index (χ0v) is 15.7. The van der Waals surface area contributed by atoms with E-state index in [0.717, 1.165) is 0 Å². The number of amides is 1. The number of nitrogens with zero attached hydrogens (tertiary/aromatic N) is 2. The summed E-state index contributed by atoms with van der Waals surface area (Å²) in [6.45, 7) is -0.587. The van der Waals surface area contributed by atoms with Gasteiger partial charge in [-0.25, -0.2) is 13.8 Å². The van der Waals surface area contributed by atoms with Crippen LogP contribution in [0.3, 0.4) is 0 Å². The van der Waals surface area contributed by atoms with Gasteiger partial charge in [-0.15, -0.1) is 0 Å². The number of rotatable bonds is 7. The van der Waals surface area contributed by atoms with Gasteiger partial charge in [0, 0.05) is 18.7 Å². The van der Waals surface area contributed by atoms with Gasteiger partial charge < -0.3 is 10.1 Å². The number of hydrogen-bond donors (Lipinski definition) is 1. The van der Waals surface area contributed by atoms with Gasteiger partial charge in [0.1, 0.15) is 11.8 Å². The lowest BCUT2D eigenvalue weighted by atomic mass is 10.1. The van der Waals surface area contributed by atoms with E-state index in [2.05, 4.69) is 10.3 Å². The van der Waals surface area contributed by atoms with E-state index in [0.29, 0.717) is 12.1 Å². The van der Waals surface area contributed by atoms with Gasteiger partial charge >= 0.3 is 11.9 Å². The predicted octanol–water partition coefficient (Wildman–Crippen LogP) is 4.44. The minimum atomic E-state index is -4.66. The molecule has 0 atom stereocenters. The van der Waals surface area contributed by atoms with Crippen LogP contribution in [0, 0.1) is 27.6 Å². The highest BCUT2D eigenvalue weighted by molar-refractivity contribution is 6.29. The number of pyridine rings is 1. The Morgan fingerprint density at radius 2 is 1.84 bits per heavy atom. The van der Waals surface area contributed by atoms with E-state index in [1.165, 1.54) is 12.2 Å². The van der Waals surface area contributed by atoms with Crippen LogP contribution in [-0.4, -0.2) is 29.0 Å². The minimum absolute atomic E-state index is 0.249. The van der Waals surface area contributed by atoms with Crippen molar-refractivity contribution < 1.29 is 40.8 Å². The smallest absolute Gasteiger partial charge is 0.416 e. The van der Waals surface area contributed by atoms with Gasteiger partial charge in [0.2, 0.25) is 17.5 Å². The number of halogens is 7. The summed E-state index contributed by atoms with van der Waals surface area (Å²) in [7, 11) is 0. The van der Waals surface area contributed by atoms with Gasteiger partial charge in [-0.3, -0.25) is 14.9 Å². The standard InChI is InChI=1S/C17H10ClF6N3O4/c18-11-5-8(17(22,23)24)6-12(26-11)31-4-2-1-3-25-16(28)9-7-10(27(29)30)14(20)15(21)13(9)19/h1-2,5-7H,3-4H2,(H,25,28). The summed E-state index contributed by atoms with van der Waals surface area (Å²) in [5, 5.41) is 12.3. The topological polar surface area (TPSA) is 94.4 Å². The average Bonchev–Trinajstić information content (AvgIpc) is 2.67. The van der Waals surface area contributed by atoms with Crippen LogP contribution < -0.4 is 10.1 Å². The predicted molar refractivity (Wildman–Crippen MR) is 94.2 cm³/mol. The summed E-state index contributed by atoms with van der Waals surface area (Å²) < 4.78 is 83.5. The fourth-order valence-electron chi connectivity index (χ4n) is 2.13. The van der Waals surface area contributed by atoms with Crippen molar-refractivity contribution in [1.82, 2.24) is 10.3 Å². The number of nitro groups is 1. The molecule has 2 aromatic rings. The second-order valence-corrected chi connectivity index (χ2v) is 6.04. The average molecular weight is 470 g/mol. The maximum atomic E-state index is 13.7. The molecule has 1 aromatic carbocycles. The minimum Gasteiger partial charge on any atom is -0.473 e. The third-order valence-electron chi connectivity index (χ3n) is 3.54. The van der Waals surface area contributed by atoms with E-state index in [-0.39, 0.29) is 19.2 Å². The molecule has 0 aliphatic rings. The Morgan fingerprint density at radius 3 is 2.45 bits per heavy atom. The van der Waals surface area contributed by atoms with Crippen LogP contribution in [0.15, 0.2) is 30.4 Å². The lowest BCUT2D eigenvalue weighted by molar-refractivity contribution is -0.387. The molecule has 14 heteroatoms. The molecule has 0 bridgehead atoms. The molecule has 31 heavy (non-hydrogen) atoms. The third-order valence-corrected chi connectivity index (χ3v) is 3.74. The normalized spacial score (nSPS) is 11.6. The zero-order valence-electron chi connectivity index (χ0n) is 15.0. The molecule has 7 nitrogen and oxygen atoms in total. The van der Waals surface area contributed by atoms with Crippen LogP contribution in [0.25, 0.3) is 0 Å². The molecule has 0 radical (unpaired) electrons. The number of alkyl halides is 3. The lowest BCUT2D eigenvalue weighted by Gasteiger charge is -2.09. The van der Waals surface area contributed by atoms with Gasteiger partial charge in [0.05, 0.1) is 16.1 Å². The van der Waals surface area contributed by atoms with E-state index < -0.39 is 62.3 Å². The summed E-state index contributed by atoms with van der Waals surface area (Å²) >= 11 is 5.50. The first-order valence-electron chi connectivity index (χ1n) is 8.04. The molecule has 0 saturated heterocycles. The molecule has 2 rings (SSSR count). The fourth-order valence-corrected chi connectivity index (χ4v) is 2.33. The maximum Gasteiger partial charge on any atom is 0.416 e. The van der Waals surface area contributed by atoms with E-state index in [9.17, 15) is 41.3 Å². The molecule has 166 valence electrons. The van der Waals surface area contributed by atoms with Crippen LogP contribution in [0.5, 0.6) is 5.88 Å². The third kappa shape index (κ3) is 6.07. The molecule has 0 aliphatic carbocycles. The van der Waals surface area contributed by atoms with Crippen LogP contribution in [0.1, 0.15) is 15.9 Å². The summed E-state index contributed by atoms with van der Waals surface area (Å²) in [6.07, 6.45) is -2.17. The van der Waals surface area contributed by atoms with Crippen molar-refractivity contribution in [2.24, 2.45) is 0 Å². The molecular weight excluding hydrogens is 460 g/mol. The summed E-state index contributed by atoms with van der Waals surface area (Å²) in [6, 6.07) is 1.49. The molecule has 1 amide bonds. The van der Waals surface area contributed by atoms with Crippen molar-refractivity contribution in [3.8, 4) is 5.88 Å². The zero-order chi connectivity index (χ0) is 23.3. The molecule has 0 saturated carbocycles. The van der Waals surface area contributed by atoms with E-state index in [1.54, 1.807) is 0 Å². The fraction of sp³-hybridized carbons (Fsp3) is 0.176. The van der Waals surface area contributed by atoms with Gasteiger partial charge in [0.15, 0.2) is 5.82 Å². The van der Waals surface area contributed by atoms with Gasteiger partial charge in [-0.05, 0) is 12.1 Å². The Bertz CT molecular complexity index is 1050. The SMILES string of the molecule is O=C(NCC=CCOc1cc(C(F)(F)F)cc(Cl)n1)c1cc([N+](=O)[O-])c(F)c(F)c1F. The van der Waals surface area contributed by atoms with Crippen LogP contribution in [0.4, 0.5) is 32.0 Å². The van der Waals surface area contributed by atoms with E-state index in [4.69, 9.17) is 16.3 Å². The number of nitro benzene ring substituents is 1. The van der Waals surface area contributed by atoms with Gasteiger partial charge in [-0.1, -0.05) is 17.7 Å². The molecule has 0 aliphatic heterocycles. The second-order valence-electron chi connectivity index (χ2n) is 5.65. The quantitative estimate of drug-likeness (QED) is 0.161. The number of hydrogen-bond acceptors (Lipinski definition) is 5. The molecule has 0 unspecified atom stereocenters. The monoisotopic (exact) mass is 469 g/mol. The van der Waals surface area contributed by atoms with Gasteiger partial charge in [-0.2, -0.15) is 17.6 Å². The Labute approximate surface area is 174 Å². The molecule has 1 N–H and O–H groups in total. The number of ether oxygens (including phenoxy) is 1. The largest absolute Gasteiger partial charge is 0.473 e. The molecule has 1 heterocycles. The lowest BCUT2D eigenvalue weighted by Crippen LogP contribution is -2.25. The first-order chi connectivity index (χ1) is 14.4. The Hall–Kier alpha value is -3.35. The number of benzene rings is 1. The Morgan fingerprint density at radius 1 is 1.16 bits per heavy atom. The van der Waals surface area contributed by atoms with Crippen LogP contribution >= 0.6 is 11.6 Å². The van der Waals surface area contributed by atoms with Crippen LogP contribution in [-0.2, 0) is 6.18 Å². The van der Waals surface area contributed by atoms with E-state index >= 15 is 0 Å². The van der Waals surface area contributed by atoms with Crippen molar-refractivity contribution in [3.63, 3.8) is 0 Å². The van der Waals surface area contributed by atoms with Gasteiger partial charge in [0.25, 0.3) is 5.91 Å². The first-order valence-corrected chi connectivity index (χ1v) is 8.42. The number of carbonyl (C=O) groups excluding carboxylic acids is 1. The van der Waals surface area contributed by atoms with Crippen molar-refractivity contribution in [1.29, 1.82) is 0 Å². The maximum absolute atomic E-state index is 13.7. The Kier molecular flexibility index (Phi) is 7.44. The first kappa shape index (κ1) is 23.9. The number of nitrogens with one attached hydrogen (secondary N) is 1. The van der Waals surface area contributed by atoms with Crippen molar-refractivity contribution in [2.75, 3.05) is 13.2 Å². The molecule has 1 aromatic heterocycles. The highest BCUT2D eigenvalue weighted by Crippen LogP contribution is 2.32. The summed E-state index contributed by atoms with van der Waals surface area (Å²) in [5.74, 6) is -7.79. The molecular formula is C17H10ClF6N3O4. The molecule has 0 fully saturated rings. The number of aromatic nitrogens is 1. The highest BCUT2D eigenvalue weighted by atomic mass is 35.5. The van der Waals surface area contributed by atoms with Crippen molar-refractivity contribution in [3.05, 3.63) is 74.2 Å². The molecule has 0 spiro atoms. The highest BCUT2D eigenvalue weighted by Gasteiger charge is 2.32. The van der Waals surface area contributed by atoms with Crippen molar-refractivity contribution >= 4 is 23.2 Å². The van der Waals surface area contributed by atoms with Crippen molar-refractivity contribution in [2.45, 2.75) is 6.18 Å². The number of carbonyl (C=O) groups is 1. The second kappa shape index (κ2) is 9.64. The Balaban J connectivity index is 1.95. The summed E-state index contributed by atoms with van der Waals surface area (Å²) in [5.41, 5.74) is -3.57. The van der Waals surface area contributed by atoms with E-state index in [1.807, 2.05) is 0 Å².